The number of carbonyl (C=O) groups is 4. The molecule has 0 N–H and O–H groups in total. The molecule has 0 radical (unpaired) electrons. The molecule has 2 saturated heterocycles. The first-order chi connectivity index (χ1) is 23.2. The number of fused-ring (bicyclic) bond motifs is 6. The third kappa shape index (κ3) is 3.87. The summed E-state index contributed by atoms with van der Waals surface area (Å²) in [6.45, 7) is 1.82. The van der Waals surface area contributed by atoms with Crippen molar-refractivity contribution in [1.82, 2.24) is 4.98 Å². The zero-order chi connectivity index (χ0) is 33.4. The molecule has 2 aliphatic heterocycles. The predicted octanol–water partition coefficient (Wildman–Crippen LogP) is 5.83. The molecule has 4 amide bonds. The molecule has 7 nitrogen and oxygen atoms in total. The van der Waals surface area contributed by atoms with E-state index in [9.17, 15) is 8.78 Å². The van der Waals surface area contributed by atoms with Gasteiger partial charge in [-0.1, -0.05) is 60.7 Å². The van der Waals surface area contributed by atoms with Crippen LogP contribution in [0.25, 0.3) is 0 Å². The molecular weight excluding hydrogens is 612 g/mol. The number of pyridine rings is 1. The maximum atomic E-state index is 15.1. The number of hydrogen-bond donors (Lipinski definition) is 0. The molecule has 3 aliphatic rings. The highest BCUT2D eigenvalue weighted by atomic mass is 19.1. The number of amides is 4. The van der Waals surface area contributed by atoms with Gasteiger partial charge in [-0.2, -0.15) is 0 Å². The van der Waals surface area contributed by atoms with E-state index in [0.29, 0.717) is 28.1 Å². The number of nitrogens with zero attached hydrogens (tertiary/aromatic N) is 3. The predicted molar refractivity (Wildman–Crippen MR) is 173 cm³/mol. The van der Waals surface area contributed by atoms with E-state index in [-0.39, 0.29) is 17.8 Å². The molecule has 0 spiro atoms. The first-order valence-corrected chi connectivity index (χ1v) is 15.6. The number of benzene rings is 4. The highest BCUT2D eigenvalue weighted by molar-refractivity contribution is 6.33. The fourth-order valence-electron chi connectivity index (χ4n) is 8.21. The van der Waals surface area contributed by atoms with E-state index in [2.05, 4.69) is 0 Å². The van der Waals surface area contributed by atoms with Gasteiger partial charge in [0.2, 0.25) is 23.6 Å². The lowest BCUT2D eigenvalue weighted by Crippen LogP contribution is -2.58. The van der Waals surface area contributed by atoms with E-state index in [1.807, 2.05) is 19.1 Å². The number of aryl methyl sites for hydroxylation is 1. The van der Waals surface area contributed by atoms with Gasteiger partial charge in [-0.25, -0.2) is 18.6 Å². The molecule has 3 heterocycles. The summed E-state index contributed by atoms with van der Waals surface area (Å²) in [5, 5.41) is 0. The molecule has 5 aromatic rings. The molecule has 2 fully saturated rings. The monoisotopic (exact) mass is 639 g/mol. The Balaban J connectivity index is 1.47. The molecular formula is C39H27F2N3O4. The lowest BCUT2D eigenvalue weighted by Gasteiger charge is -2.47. The van der Waals surface area contributed by atoms with Crippen molar-refractivity contribution in [2.75, 3.05) is 9.80 Å². The van der Waals surface area contributed by atoms with Crippen LogP contribution >= 0.6 is 0 Å². The molecule has 8 rings (SSSR count). The summed E-state index contributed by atoms with van der Waals surface area (Å²) in [7, 11) is 0. The van der Waals surface area contributed by atoms with Gasteiger partial charge in [-0.15, -0.1) is 0 Å². The number of aromatic nitrogens is 1. The minimum Gasteiger partial charge on any atom is -0.274 e. The van der Waals surface area contributed by atoms with Crippen molar-refractivity contribution < 1.29 is 28.0 Å². The Morgan fingerprint density at radius 1 is 0.604 bits per heavy atom. The molecule has 0 saturated carbocycles. The van der Waals surface area contributed by atoms with Crippen LogP contribution in [0.2, 0.25) is 0 Å². The molecule has 0 bridgehead atoms. The first-order valence-electron chi connectivity index (χ1n) is 15.6. The Hall–Kier alpha value is -5.83. The van der Waals surface area contributed by atoms with Crippen LogP contribution in [0.1, 0.15) is 28.1 Å². The molecule has 4 atom stereocenters. The number of rotatable bonds is 5. The summed E-state index contributed by atoms with van der Waals surface area (Å²) in [4.78, 5) is 67.1. The SMILES string of the molecule is Cc1cccc(C[C@@]23C(=O)N(c4ccc(F)cc4)C(=O)[C@@H]2[C@H]2C(=O)N(c4ccc(F)cc4)C(=O)[C@@]2(c2ccccc2)c2ccccc23)n1. The van der Waals surface area contributed by atoms with E-state index in [4.69, 9.17) is 4.98 Å². The van der Waals surface area contributed by atoms with Gasteiger partial charge in [0, 0.05) is 17.8 Å². The smallest absolute Gasteiger partial charge is 0.249 e. The lowest BCUT2D eigenvalue weighted by molar-refractivity contribution is -0.133. The van der Waals surface area contributed by atoms with Crippen molar-refractivity contribution in [2.45, 2.75) is 24.2 Å². The van der Waals surface area contributed by atoms with Crippen molar-refractivity contribution in [2.24, 2.45) is 11.8 Å². The number of hydrogen-bond acceptors (Lipinski definition) is 5. The minimum atomic E-state index is -1.72. The van der Waals surface area contributed by atoms with Crippen molar-refractivity contribution in [3.63, 3.8) is 0 Å². The van der Waals surface area contributed by atoms with Gasteiger partial charge < -0.3 is 0 Å². The Kier molecular flexibility index (Phi) is 6.53. The molecule has 1 aromatic heterocycles. The fraction of sp³-hybridized carbons (Fsp3) is 0.154. The van der Waals surface area contributed by atoms with Gasteiger partial charge in [0.25, 0.3) is 0 Å². The summed E-state index contributed by atoms with van der Waals surface area (Å²) in [6.07, 6.45) is -0.0436. The number of imide groups is 2. The van der Waals surface area contributed by atoms with Gasteiger partial charge in [-0.05, 0) is 84.3 Å². The minimum absolute atomic E-state index is 0.0436. The van der Waals surface area contributed by atoms with Crippen LogP contribution in [0.4, 0.5) is 20.2 Å². The highest BCUT2D eigenvalue weighted by Gasteiger charge is 2.77. The van der Waals surface area contributed by atoms with Crippen molar-refractivity contribution in [3.05, 3.63) is 161 Å². The third-order valence-corrected chi connectivity index (χ3v) is 10.1. The zero-order valence-electron chi connectivity index (χ0n) is 25.6. The molecule has 9 heteroatoms. The van der Waals surface area contributed by atoms with Crippen LogP contribution < -0.4 is 9.80 Å². The Morgan fingerprint density at radius 2 is 1.15 bits per heavy atom. The van der Waals surface area contributed by atoms with Crippen LogP contribution in [0.3, 0.4) is 0 Å². The Morgan fingerprint density at radius 3 is 1.75 bits per heavy atom. The van der Waals surface area contributed by atoms with Crippen LogP contribution in [0.15, 0.2) is 121 Å². The summed E-state index contributed by atoms with van der Waals surface area (Å²) >= 11 is 0. The van der Waals surface area contributed by atoms with Gasteiger partial charge >= 0.3 is 0 Å². The number of halogens is 2. The van der Waals surface area contributed by atoms with Crippen LogP contribution in [0.5, 0.6) is 0 Å². The summed E-state index contributed by atoms with van der Waals surface area (Å²) in [5.74, 6) is -6.40. The van der Waals surface area contributed by atoms with Crippen molar-refractivity contribution >= 4 is 35.0 Å². The normalized spacial score (nSPS) is 24.5. The molecule has 236 valence electrons. The Labute approximate surface area is 274 Å². The third-order valence-electron chi connectivity index (χ3n) is 10.1. The molecule has 48 heavy (non-hydrogen) atoms. The number of anilines is 2. The van der Waals surface area contributed by atoms with Crippen LogP contribution in [-0.4, -0.2) is 28.6 Å². The molecule has 4 aromatic carbocycles. The summed E-state index contributed by atoms with van der Waals surface area (Å²) in [6, 6.07) is 31.2. The second-order valence-electron chi connectivity index (χ2n) is 12.5. The first kappa shape index (κ1) is 29.6. The summed E-state index contributed by atoms with van der Waals surface area (Å²) in [5.41, 5.74) is -0.528. The van der Waals surface area contributed by atoms with E-state index in [0.717, 1.165) is 34.1 Å². The topological polar surface area (TPSA) is 87.7 Å². The average molecular weight is 640 g/mol. The second-order valence-corrected chi connectivity index (χ2v) is 12.5. The highest BCUT2D eigenvalue weighted by Crippen LogP contribution is 2.63. The molecule has 0 unspecified atom stereocenters. The molecule has 1 aliphatic carbocycles. The van der Waals surface area contributed by atoms with Gasteiger partial charge in [-0.3, -0.25) is 24.2 Å². The van der Waals surface area contributed by atoms with Crippen molar-refractivity contribution in [3.8, 4) is 0 Å². The van der Waals surface area contributed by atoms with Crippen LogP contribution in [-0.2, 0) is 36.4 Å². The fourth-order valence-corrected chi connectivity index (χ4v) is 8.21. The largest absolute Gasteiger partial charge is 0.274 e. The van der Waals surface area contributed by atoms with E-state index >= 15 is 19.2 Å². The van der Waals surface area contributed by atoms with Crippen LogP contribution in [0, 0.1) is 30.4 Å². The maximum absolute atomic E-state index is 15.1. The van der Waals surface area contributed by atoms with Gasteiger partial charge in [0.05, 0.1) is 28.6 Å². The average Bonchev–Trinajstić information content (AvgIpc) is 3.45. The second kappa shape index (κ2) is 10.6. The number of carbonyl (C=O) groups excluding carboxylic acids is 4. The van der Waals surface area contributed by atoms with Gasteiger partial charge in [0.1, 0.15) is 17.0 Å². The maximum Gasteiger partial charge on any atom is 0.249 e. The lowest BCUT2D eigenvalue weighted by atomic mass is 9.49. The standard InChI is InChI=1S/C39H27F2N3O4/c1-23-8-7-11-27(42-23)22-38-30-12-5-6-13-31(30)39(24-9-3-2-4-10-24)33(35(46)44(37(39)48)29-20-16-26(41)17-21-29)32(38)34(45)43(36(38)47)28-18-14-25(40)15-19-28/h2-21,32-33H,22H2,1H3/t32-,33-,38-,39-/m0/s1. The quantitative estimate of drug-likeness (QED) is 0.226. The van der Waals surface area contributed by atoms with Crippen molar-refractivity contribution in [1.29, 1.82) is 0 Å². The van der Waals surface area contributed by atoms with Gasteiger partial charge in [0.15, 0.2) is 0 Å². The van der Waals surface area contributed by atoms with E-state index < -0.39 is 57.9 Å². The van der Waals surface area contributed by atoms with E-state index in [1.54, 1.807) is 60.7 Å². The zero-order valence-corrected chi connectivity index (χ0v) is 25.6. The van der Waals surface area contributed by atoms with E-state index in [1.165, 1.54) is 24.3 Å². The summed E-state index contributed by atoms with van der Waals surface area (Å²) < 4.78 is 28.2. The Bertz CT molecular complexity index is 2150.